The quantitative estimate of drug-likeness (QED) is 0.126. The molecular weight excluding hydrogens is 483 g/mol. The van der Waals surface area contributed by atoms with Crippen molar-refractivity contribution in [2.75, 3.05) is 21.1 Å². The van der Waals surface area contributed by atoms with E-state index in [0.717, 1.165) is 43.9 Å². The number of hydrogen-bond donors (Lipinski definition) is 2. The minimum atomic E-state index is -0.859. The molecule has 1 aromatic carbocycles. The molecule has 0 saturated heterocycles. The summed E-state index contributed by atoms with van der Waals surface area (Å²) in [5.74, 6) is -0.101. The Balaban J connectivity index is 0. The molecule has 213 valence electrons. The molecule has 1 fully saturated rings. The fourth-order valence-corrected chi connectivity index (χ4v) is 3.54. The van der Waals surface area contributed by atoms with Gasteiger partial charge in [-0.15, -0.1) is 0 Å². The molecule has 0 spiro atoms. The number of carbonyl (C=O) groups is 2. The maximum atomic E-state index is 12.7. The Labute approximate surface area is 234 Å². The third kappa shape index (κ3) is 15.6. The number of nitrogens with zero attached hydrogens (tertiary/aromatic N) is 1. The van der Waals surface area contributed by atoms with Crippen molar-refractivity contribution in [3.63, 3.8) is 0 Å². The van der Waals surface area contributed by atoms with Crippen LogP contribution in [0.5, 0.6) is 0 Å². The minimum Gasteiger partial charge on any atom is -0.459 e. The van der Waals surface area contributed by atoms with Crippen molar-refractivity contribution in [2.45, 2.75) is 109 Å². The van der Waals surface area contributed by atoms with Crippen molar-refractivity contribution < 1.29 is 19.0 Å². The van der Waals surface area contributed by atoms with Crippen molar-refractivity contribution in [1.82, 2.24) is 4.90 Å². The summed E-state index contributed by atoms with van der Waals surface area (Å²) in [6, 6.07) is 9.73. The van der Waals surface area contributed by atoms with E-state index in [1.807, 2.05) is 105 Å². The summed E-state index contributed by atoms with van der Waals surface area (Å²) in [5, 5.41) is 0. The summed E-state index contributed by atoms with van der Waals surface area (Å²) in [7, 11) is 7.87. The smallest absolute Gasteiger partial charge is 0.326 e. The second-order valence-electron chi connectivity index (χ2n) is 10.6. The van der Waals surface area contributed by atoms with Crippen LogP contribution < -0.4 is 5.73 Å². The molecule has 6 nitrogen and oxygen atoms in total. The monoisotopic (exact) mass is 537 g/mol. The van der Waals surface area contributed by atoms with E-state index >= 15 is 0 Å². The summed E-state index contributed by atoms with van der Waals surface area (Å²) < 4.78 is 11.2. The van der Waals surface area contributed by atoms with Gasteiger partial charge in [-0.1, -0.05) is 63.3 Å². The van der Waals surface area contributed by atoms with Gasteiger partial charge in [0.2, 0.25) is 0 Å². The van der Waals surface area contributed by atoms with Gasteiger partial charge in [-0.25, -0.2) is 0 Å². The standard InChI is InChI=1S/C22H35BNO3S.C3H9N.C2H4O.C2H6/c1-20(2,21(3,4)28)27-23-15-9-13-18-12-8-14-22(18,24)19(25)26-16-17-10-6-5-7-11-17;1-4(2)3;1-2-3;1-2/h5-7,10-11,18,28H,8-9,12-16,24H2,1-4H3;1-3H3;2H,1H3;1-2H3. The van der Waals surface area contributed by atoms with Gasteiger partial charge in [-0.05, 0) is 86.5 Å². The Hall–Kier alpha value is -1.35. The van der Waals surface area contributed by atoms with Gasteiger partial charge in [0.1, 0.15) is 18.4 Å². The van der Waals surface area contributed by atoms with Crippen LogP contribution in [-0.4, -0.2) is 61.7 Å². The molecule has 1 radical (unpaired) electrons. The molecule has 0 aromatic heterocycles. The molecule has 0 amide bonds. The molecule has 1 saturated carbocycles. The van der Waals surface area contributed by atoms with Crippen LogP contribution in [0.4, 0.5) is 0 Å². The predicted octanol–water partition coefficient (Wildman–Crippen LogP) is 5.96. The van der Waals surface area contributed by atoms with Gasteiger partial charge in [0, 0.05) is 4.75 Å². The number of rotatable bonds is 10. The highest BCUT2D eigenvalue weighted by Crippen LogP contribution is 2.38. The zero-order valence-corrected chi connectivity index (χ0v) is 26.1. The summed E-state index contributed by atoms with van der Waals surface area (Å²) in [6.45, 7) is 13.9. The van der Waals surface area contributed by atoms with Gasteiger partial charge >= 0.3 is 5.97 Å². The molecule has 2 atom stereocenters. The van der Waals surface area contributed by atoms with Crippen molar-refractivity contribution in [3.05, 3.63) is 35.9 Å². The normalized spacial score (nSPS) is 18.8. The molecular formula is C29H54BN2O4S. The van der Waals surface area contributed by atoms with Crippen LogP contribution in [0, 0.1) is 5.92 Å². The number of ether oxygens (including phenoxy) is 1. The third-order valence-electron chi connectivity index (χ3n) is 6.19. The maximum absolute atomic E-state index is 12.7. The Kier molecular flexibility index (Phi) is 20.1. The van der Waals surface area contributed by atoms with Gasteiger partial charge in [-0.3, -0.25) is 4.79 Å². The van der Waals surface area contributed by atoms with Crippen LogP contribution in [0.1, 0.15) is 86.1 Å². The molecule has 2 unspecified atom stereocenters. The van der Waals surface area contributed by atoms with Gasteiger partial charge in [0.15, 0.2) is 0 Å². The second kappa shape index (κ2) is 19.7. The van der Waals surface area contributed by atoms with E-state index in [0.29, 0.717) is 6.42 Å². The lowest BCUT2D eigenvalue weighted by atomic mass is 9.80. The summed E-state index contributed by atoms with van der Waals surface area (Å²) in [6.07, 6.45) is 6.08. The van der Waals surface area contributed by atoms with E-state index in [9.17, 15) is 4.79 Å². The maximum Gasteiger partial charge on any atom is 0.326 e. The highest BCUT2D eigenvalue weighted by Gasteiger charge is 2.46. The molecule has 37 heavy (non-hydrogen) atoms. The highest BCUT2D eigenvalue weighted by atomic mass is 32.1. The zero-order chi connectivity index (χ0) is 29.1. The first-order chi connectivity index (χ1) is 17.2. The lowest BCUT2D eigenvalue weighted by molar-refractivity contribution is -0.153. The first-order valence-electron chi connectivity index (χ1n) is 13.4. The van der Waals surface area contributed by atoms with Gasteiger partial charge in [0.25, 0.3) is 7.48 Å². The SMILES string of the molecule is CC.CC(C)(S)C(C)(C)O[B]CCCC1CCCC1(N)C(=O)OCc1ccccc1.CC=O.CN(C)C. The molecule has 1 aliphatic rings. The first-order valence-corrected chi connectivity index (χ1v) is 13.9. The van der Waals surface area contributed by atoms with Gasteiger partial charge < -0.3 is 24.8 Å². The van der Waals surface area contributed by atoms with Gasteiger partial charge in [-0.2, -0.15) is 12.6 Å². The zero-order valence-electron chi connectivity index (χ0n) is 25.2. The van der Waals surface area contributed by atoms with Crippen molar-refractivity contribution in [1.29, 1.82) is 0 Å². The Morgan fingerprint density at radius 2 is 1.70 bits per heavy atom. The van der Waals surface area contributed by atoms with E-state index in [-0.39, 0.29) is 28.8 Å². The lowest BCUT2D eigenvalue weighted by Crippen LogP contribution is -2.52. The number of carbonyl (C=O) groups excluding carboxylic acids is 2. The van der Waals surface area contributed by atoms with E-state index in [1.54, 1.807) is 0 Å². The molecule has 8 heteroatoms. The Morgan fingerprint density at radius 3 is 2.19 bits per heavy atom. The minimum absolute atomic E-state index is 0.165. The Bertz CT molecular complexity index is 724. The fourth-order valence-electron chi connectivity index (χ4n) is 3.49. The molecule has 0 bridgehead atoms. The number of hydrogen-bond acceptors (Lipinski definition) is 7. The average molecular weight is 538 g/mol. The van der Waals surface area contributed by atoms with Crippen LogP contribution in [-0.2, 0) is 25.6 Å². The second-order valence-corrected chi connectivity index (χ2v) is 11.7. The number of esters is 1. The first kappa shape index (κ1) is 37.8. The average Bonchev–Trinajstić information content (AvgIpc) is 3.20. The van der Waals surface area contributed by atoms with Crippen LogP contribution in [0.2, 0.25) is 6.32 Å². The third-order valence-corrected chi connectivity index (χ3v) is 6.73. The number of aldehydes is 1. The van der Waals surface area contributed by atoms with Crippen molar-refractivity contribution in [3.8, 4) is 0 Å². The van der Waals surface area contributed by atoms with Crippen molar-refractivity contribution in [2.24, 2.45) is 11.7 Å². The van der Waals surface area contributed by atoms with E-state index in [1.165, 1.54) is 6.92 Å². The molecule has 1 aromatic rings. The largest absolute Gasteiger partial charge is 0.459 e. The molecule has 1 aliphatic carbocycles. The number of benzene rings is 1. The molecule has 2 rings (SSSR count). The van der Waals surface area contributed by atoms with E-state index in [4.69, 9.17) is 19.9 Å². The summed E-state index contributed by atoms with van der Waals surface area (Å²) in [5.41, 5.74) is 6.30. The topological polar surface area (TPSA) is 81.9 Å². The molecule has 2 N–H and O–H groups in total. The predicted molar refractivity (Wildman–Crippen MR) is 161 cm³/mol. The number of nitrogens with two attached hydrogens (primary N) is 1. The number of thiol groups is 1. The summed E-state index contributed by atoms with van der Waals surface area (Å²) >= 11 is 4.61. The van der Waals surface area contributed by atoms with Crippen LogP contribution in [0.15, 0.2) is 30.3 Å². The fraction of sp³-hybridized carbons (Fsp3) is 0.724. The molecule has 0 heterocycles. The van der Waals surface area contributed by atoms with Crippen LogP contribution in [0.3, 0.4) is 0 Å². The highest BCUT2D eigenvalue weighted by molar-refractivity contribution is 7.81. The summed E-state index contributed by atoms with van der Waals surface area (Å²) in [4.78, 5) is 23.5. The van der Waals surface area contributed by atoms with Crippen LogP contribution in [0.25, 0.3) is 0 Å². The Morgan fingerprint density at radius 1 is 1.19 bits per heavy atom. The van der Waals surface area contributed by atoms with E-state index in [2.05, 4.69) is 12.6 Å². The van der Waals surface area contributed by atoms with Gasteiger partial charge in [0.05, 0.1) is 5.60 Å². The van der Waals surface area contributed by atoms with E-state index < -0.39 is 5.54 Å². The lowest BCUT2D eigenvalue weighted by Gasteiger charge is -2.38. The van der Waals surface area contributed by atoms with Crippen LogP contribution >= 0.6 is 12.6 Å². The molecule has 0 aliphatic heterocycles. The van der Waals surface area contributed by atoms with Crippen molar-refractivity contribution >= 4 is 32.4 Å².